The second-order valence-corrected chi connectivity index (χ2v) is 5.59. The van der Waals surface area contributed by atoms with Gasteiger partial charge in [0, 0.05) is 5.69 Å². The number of nitrogens with one attached hydrogen (secondary N) is 2. The highest BCUT2D eigenvalue weighted by Crippen LogP contribution is 2.18. The molecule has 2 aromatic heterocycles. The van der Waals surface area contributed by atoms with Gasteiger partial charge in [0.05, 0.1) is 24.0 Å². The lowest BCUT2D eigenvalue weighted by Gasteiger charge is -2.08. The smallest absolute Gasteiger partial charge is 0.383 e. The SMILES string of the molecule is Nc1nc2ncc(CNc3ccc(C(=O)OC(=O)C(F)(F)F)cc3)nc2c(=O)[nH]1. The third kappa shape index (κ3) is 4.63. The molecule has 0 aliphatic carbocycles. The predicted octanol–water partition coefficient (Wildman–Crippen LogP) is 1.15. The highest BCUT2D eigenvalue weighted by molar-refractivity contribution is 5.98. The third-order valence-electron chi connectivity index (χ3n) is 3.50. The molecule has 3 rings (SSSR count). The number of hydrogen-bond donors (Lipinski definition) is 3. The summed E-state index contributed by atoms with van der Waals surface area (Å²) in [5.41, 5.74) is 5.61. The van der Waals surface area contributed by atoms with Crippen LogP contribution in [-0.2, 0) is 16.1 Å². The number of ether oxygens (including phenoxy) is 1. The number of hydrogen-bond acceptors (Lipinski definition) is 9. The van der Waals surface area contributed by atoms with Gasteiger partial charge in [-0.1, -0.05) is 0 Å². The van der Waals surface area contributed by atoms with Crippen LogP contribution in [0.25, 0.3) is 11.2 Å². The molecule has 1 aromatic carbocycles. The van der Waals surface area contributed by atoms with E-state index in [0.717, 1.165) is 0 Å². The van der Waals surface area contributed by atoms with E-state index in [1.165, 1.54) is 30.5 Å². The van der Waals surface area contributed by atoms with Gasteiger partial charge in [0.1, 0.15) is 0 Å². The molecule has 0 amide bonds. The first-order chi connectivity index (χ1) is 13.6. The number of esters is 2. The summed E-state index contributed by atoms with van der Waals surface area (Å²) in [6.07, 6.45) is -3.88. The van der Waals surface area contributed by atoms with E-state index >= 15 is 0 Å². The number of aromatic amines is 1. The van der Waals surface area contributed by atoms with Gasteiger partial charge in [-0.25, -0.2) is 19.6 Å². The average Bonchev–Trinajstić information content (AvgIpc) is 2.66. The van der Waals surface area contributed by atoms with E-state index in [-0.39, 0.29) is 29.2 Å². The second-order valence-electron chi connectivity index (χ2n) is 5.59. The van der Waals surface area contributed by atoms with E-state index in [9.17, 15) is 27.6 Å². The van der Waals surface area contributed by atoms with Gasteiger partial charge in [0.25, 0.3) is 5.56 Å². The van der Waals surface area contributed by atoms with Crippen LogP contribution in [0.3, 0.4) is 0 Å². The zero-order valence-electron chi connectivity index (χ0n) is 14.3. The number of alkyl halides is 3. The molecule has 0 aliphatic rings. The van der Waals surface area contributed by atoms with E-state index in [4.69, 9.17) is 5.73 Å². The molecule has 29 heavy (non-hydrogen) atoms. The molecule has 0 aliphatic heterocycles. The fourth-order valence-corrected chi connectivity index (χ4v) is 2.17. The highest BCUT2D eigenvalue weighted by atomic mass is 19.4. The van der Waals surface area contributed by atoms with Gasteiger partial charge in [0.15, 0.2) is 11.2 Å². The molecule has 0 unspecified atom stereocenters. The number of H-pyrrole nitrogens is 1. The predicted molar refractivity (Wildman–Crippen MR) is 92.6 cm³/mol. The maximum atomic E-state index is 12.1. The lowest BCUT2D eigenvalue weighted by Crippen LogP contribution is -2.28. The maximum Gasteiger partial charge on any atom is 0.491 e. The first-order valence-electron chi connectivity index (χ1n) is 7.82. The number of aromatic nitrogens is 4. The third-order valence-corrected chi connectivity index (χ3v) is 3.50. The quantitative estimate of drug-likeness (QED) is 0.426. The van der Waals surface area contributed by atoms with Crippen LogP contribution >= 0.6 is 0 Å². The van der Waals surface area contributed by atoms with Gasteiger partial charge in [-0.05, 0) is 24.3 Å². The summed E-state index contributed by atoms with van der Waals surface area (Å²) in [6.45, 7) is 0.142. The molecular formula is C16H11F3N6O4. The fraction of sp³-hybridized carbons (Fsp3) is 0.125. The standard InChI is InChI=1S/C16H11F3N6O4/c17-16(18,19)14(28)29-13(27)7-1-3-8(4-2-7)21-5-9-6-22-11-10(23-9)12(26)25-15(20)24-11/h1-4,6,21H,5H2,(H3,20,22,24,25,26). The number of carbonyl (C=O) groups excluding carboxylic acids is 2. The Balaban J connectivity index is 1.66. The van der Waals surface area contributed by atoms with Crippen LogP contribution in [0.2, 0.25) is 0 Å². The molecule has 10 nitrogen and oxygen atoms in total. The molecule has 150 valence electrons. The summed E-state index contributed by atoms with van der Waals surface area (Å²) >= 11 is 0. The Morgan fingerprint density at radius 1 is 1.17 bits per heavy atom. The number of halogens is 3. The number of benzene rings is 1. The molecule has 0 bridgehead atoms. The van der Waals surface area contributed by atoms with Crippen LogP contribution in [0, 0.1) is 0 Å². The molecule has 0 spiro atoms. The van der Waals surface area contributed by atoms with Gasteiger partial charge in [-0.15, -0.1) is 0 Å². The van der Waals surface area contributed by atoms with Crippen molar-refractivity contribution in [2.45, 2.75) is 12.7 Å². The van der Waals surface area contributed by atoms with E-state index in [1.54, 1.807) is 0 Å². The van der Waals surface area contributed by atoms with Crippen molar-refractivity contribution in [1.29, 1.82) is 0 Å². The lowest BCUT2D eigenvalue weighted by molar-refractivity contribution is -0.193. The van der Waals surface area contributed by atoms with Crippen LogP contribution in [0.1, 0.15) is 16.1 Å². The van der Waals surface area contributed by atoms with Crippen molar-refractivity contribution in [3.05, 3.63) is 52.1 Å². The number of carbonyl (C=O) groups is 2. The highest BCUT2D eigenvalue weighted by Gasteiger charge is 2.42. The minimum absolute atomic E-state index is 0.00549. The molecule has 13 heteroatoms. The van der Waals surface area contributed by atoms with Gasteiger partial charge < -0.3 is 15.8 Å². The molecule has 3 aromatic rings. The molecule has 4 N–H and O–H groups in total. The summed E-state index contributed by atoms with van der Waals surface area (Å²) < 4.78 is 40.1. The van der Waals surface area contributed by atoms with Gasteiger partial charge in [0.2, 0.25) is 5.95 Å². The lowest BCUT2D eigenvalue weighted by atomic mass is 10.2. The molecule has 0 fully saturated rings. The fourth-order valence-electron chi connectivity index (χ4n) is 2.17. The number of anilines is 2. The molecule has 0 atom stereocenters. The van der Waals surface area contributed by atoms with Crippen molar-refractivity contribution >= 4 is 34.7 Å². The normalized spacial score (nSPS) is 11.3. The minimum Gasteiger partial charge on any atom is -0.383 e. The Morgan fingerprint density at radius 3 is 2.52 bits per heavy atom. The average molecular weight is 408 g/mol. The van der Waals surface area contributed by atoms with Crippen molar-refractivity contribution in [2.75, 3.05) is 11.1 Å². The first-order valence-corrected chi connectivity index (χ1v) is 7.82. The molecular weight excluding hydrogens is 397 g/mol. The Labute approximate surface area is 158 Å². The van der Waals surface area contributed by atoms with E-state index in [0.29, 0.717) is 11.4 Å². The minimum atomic E-state index is -5.26. The van der Waals surface area contributed by atoms with Gasteiger partial charge in [-0.2, -0.15) is 18.2 Å². The second kappa shape index (κ2) is 7.53. The van der Waals surface area contributed by atoms with E-state index in [2.05, 4.69) is 30.0 Å². The van der Waals surface area contributed by atoms with Crippen molar-refractivity contribution in [3.8, 4) is 0 Å². The molecule has 0 saturated heterocycles. The van der Waals surface area contributed by atoms with Crippen molar-refractivity contribution in [1.82, 2.24) is 19.9 Å². The van der Waals surface area contributed by atoms with Crippen molar-refractivity contribution in [3.63, 3.8) is 0 Å². The Morgan fingerprint density at radius 2 is 1.86 bits per heavy atom. The van der Waals surface area contributed by atoms with Crippen LogP contribution in [-0.4, -0.2) is 38.1 Å². The summed E-state index contributed by atoms with van der Waals surface area (Å²) in [5.74, 6) is -4.10. The number of rotatable bonds is 4. The topological polar surface area (TPSA) is 153 Å². The number of nitrogen functional groups attached to an aromatic ring is 1. The first kappa shape index (κ1) is 19.7. The largest absolute Gasteiger partial charge is 0.491 e. The Bertz CT molecular complexity index is 1140. The van der Waals surface area contributed by atoms with Crippen LogP contribution in [0.5, 0.6) is 0 Å². The van der Waals surface area contributed by atoms with Crippen LogP contribution in [0.15, 0.2) is 35.3 Å². The monoisotopic (exact) mass is 408 g/mol. The van der Waals surface area contributed by atoms with Crippen LogP contribution < -0.4 is 16.6 Å². The molecule has 0 saturated carbocycles. The molecule has 0 radical (unpaired) electrons. The van der Waals surface area contributed by atoms with E-state index in [1.807, 2.05) is 0 Å². The number of nitrogens with two attached hydrogens (primary N) is 1. The zero-order valence-corrected chi connectivity index (χ0v) is 14.3. The van der Waals surface area contributed by atoms with Gasteiger partial charge >= 0.3 is 18.1 Å². The van der Waals surface area contributed by atoms with Crippen LogP contribution in [0.4, 0.5) is 24.8 Å². The Hall–Kier alpha value is -4.03. The maximum absolute atomic E-state index is 12.1. The summed E-state index contributed by atoms with van der Waals surface area (Å²) in [7, 11) is 0. The van der Waals surface area contributed by atoms with Crippen molar-refractivity contribution in [2.24, 2.45) is 0 Å². The van der Waals surface area contributed by atoms with Crippen molar-refractivity contribution < 1.29 is 27.5 Å². The Kier molecular flexibility index (Phi) is 5.12. The van der Waals surface area contributed by atoms with Gasteiger partial charge in [-0.3, -0.25) is 9.78 Å². The number of fused-ring (bicyclic) bond motifs is 1. The summed E-state index contributed by atoms with van der Waals surface area (Å²) in [4.78, 5) is 48.3. The number of nitrogens with zero attached hydrogens (tertiary/aromatic N) is 3. The zero-order chi connectivity index (χ0) is 21.2. The summed E-state index contributed by atoms with van der Waals surface area (Å²) in [5, 5.41) is 2.93. The summed E-state index contributed by atoms with van der Waals surface area (Å²) in [6, 6.07) is 5.13. The van der Waals surface area contributed by atoms with E-state index < -0.39 is 23.7 Å². The molecule has 2 heterocycles.